The first-order valence-electron chi connectivity index (χ1n) is 16.6. The van der Waals surface area contributed by atoms with Crippen LogP contribution in [0.5, 0.6) is 0 Å². The molecule has 2 atom stereocenters. The predicted molar refractivity (Wildman–Crippen MR) is 187 cm³/mol. The zero-order chi connectivity index (χ0) is 31.1. The molecule has 0 N–H and O–H groups in total. The summed E-state index contributed by atoms with van der Waals surface area (Å²) in [5.74, 6) is 0. The van der Waals surface area contributed by atoms with E-state index in [4.69, 9.17) is 8.83 Å². The van der Waals surface area contributed by atoms with Crippen LogP contribution in [0.15, 0.2) is 69.5 Å². The molecule has 2 aliphatic heterocycles. The highest BCUT2D eigenvalue weighted by molar-refractivity contribution is 6.24. The van der Waals surface area contributed by atoms with Gasteiger partial charge >= 0.3 is 0 Å². The average Bonchev–Trinajstić information content (AvgIpc) is 3.62. The molecule has 0 spiro atoms. The number of nitriles is 2. The van der Waals surface area contributed by atoms with E-state index < -0.39 is 0 Å². The molecule has 2 fully saturated rings. The fraction of sp³-hybridized carbons (Fsp3) is 0.300. The van der Waals surface area contributed by atoms with Crippen molar-refractivity contribution in [3.8, 4) is 12.1 Å². The lowest BCUT2D eigenvalue weighted by Crippen LogP contribution is -2.37. The number of furan rings is 2. The largest absolute Gasteiger partial charge is 0.454 e. The molecule has 2 unspecified atom stereocenters. The van der Waals surface area contributed by atoms with Crippen molar-refractivity contribution in [1.82, 2.24) is 0 Å². The van der Waals surface area contributed by atoms with E-state index in [0.717, 1.165) is 45.4 Å². The molecule has 4 heterocycles. The topological polar surface area (TPSA) is 80.3 Å². The number of piperidine rings is 2. The zero-order valence-corrected chi connectivity index (χ0v) is 26.2. The van der Waals surface area contributed by atoms with E-state index in [1.54, 1.807) is 0 Å². The fourth-order valence-electron chi connectivity index (χ4n) is 8.27. The first-order valence-corrected chi connectivity index (χ1v) is 16.6. The van der Waals surface area contributed by atoms with E-state index in [1.165, 1.54) is 49.9 Å². The highest BCUT2D eigenvalue weighted by atomic mass is 16.3. The number of benzene rings is 5. The van der Waals surface area contributed by atoms with Gasteiger partial charge in [-0.3, -0.25) is 0 Å². The van der Waals surface area contributed by atoms with Gasteiger partial charge in [0, 0.05) is 58.1 Å². The van der Waals surface area contributed by atoms with Gasteiger partial charge in [0.15, 0.2) is 11.2 Å². The minimum Gasteiger partial charge on any atom is -0.454 e. The van der Waals surface area contributed by atoms with Crippen LogP contribution in [0.25, 0.3) is 65.4 Å². The van der Waals surface area contributed by atoms with Gasteiger partial charge in [0.2, 0.25) is 0 Å². The van der Waals surface area contributed by atoms with Crippen molar-refractivity contribution in [2.75, 3.05) is 22.9 Å². The molecule has 9 rings (SSSR count). The molecule has 7 aromatic rings. The highest BCUT2D eigenvalue weighted by Crippen LogP contribution is 2.45. The number of anilines is 2. The van der Waals surface area contributed by atoms with E-state index in [2.05, 4.69) is 96.4 Å². The maximum absolute atomic E-state index is 10.7. The van der Waals surface area contributed by atoms with Crippen LogP contribution in [0.3, 0.4) is 0 Å². The molecular formula is C40H34N4O2. The predicted octanol–water partition coefficient (Wildman–Crippen LogP) is 10.3. The van der Waals surface area contributed by atoms with Gasteiger partial charge in [-0.25, -0.2) is 0 Å². The van der Waals surface area contributed by atoms with Gasteiger partial charge in [-0.1, -0.05) is 12.1 Å². The summed E-state index contributed by atoms with van der Waals surface area (Å²) in [6, 6.07) is 27.4. The van der Waals surface area contributed by atoms with Crippen molar-refractivity contribution in [3.05, 3.63) is 71.8 Å². The van der Waals surface area contributed by atoms with Gasteiger partial charge in [0.25, 0.3) is 0 Å². The summed E-state index contributed by atoms with van der Waals surface area (Å²) < 4.78 is 12.9. The Balaban J connectivity index is 1.26. The molecule has 226 valence electrons. The smallest absolute Gasteiger partial charge is 0.158 e. The zero-order valence-electron chi connectivity index (χ0n) is 26.2. The molecule has 0 amide bonds. The van der Waals surface area contributed by atoms with Gasteiger partial charge in [-0.05, 0) is 122 Å². The second-order valence-electron chi connectivity index (χ2n) is 13.4. The number of fused-ring (bicyclic) bond motifs is 8. The third kappa shape index (κ3) is 3.93. The summed E-state index contributed by atoms with van der Waals surface area (Å²) in [5.41, 5.74) is 5.41. The van der Waals surface area contributed by atoms with Crippen LogP contribution in [-0.2, 0) is 0 Å². The Morgan fingerprint density at radius 1 is 0.587 bits per heavy atom. The minimum atomic E-state index is 0.329. The van der Waals surface area contributed by atoms with E-state index in [-0.39, 0.29) is 0 Å². The van der Waals surface area contributed by atoms with Gasteiger partial charge < -0.3 is 18.6 Å². The molecule has 2 saturated heterocycles. The summed E-state index contributed by atoms with van der Waals surface area (Å²) in [5, 5.41) is 28.5. The molecule has 6 nitrogen and oxygen atoms in total. The van der Waals surface area contributed by atoms with Crippen molar-refractivity contribution in [2.24, 2.45) is 0 Å². The van der Waals surface area contributed by atoms with Crippen LogP contribution < -0.4 is 9.80 Å². The van der Waals surface area contributed by atoms with E-state index >= 15 is 0 Å². The SMILES string of the molecule is CC1CCCCN1c1ccc2cc3c(cc2c1)oc1c(C#N)c2oc4cc5cc(N6CCCCC6C)ccc5cc4c2c(C#N)c13. The van der Waals surface area contributed by atoms with Gasteiger partial charge in [-0.2, -0.15) is 10.5 Å². The molecule has 46 heavy (non-hydrogen) atoms. The van der Waals surface area contributed by atoms with Crippen LogP contribution >= 0.6 is 0 Å². The standard InChI is InChI=1S/C40H34N4O2/c1-23-7-3-5-13-43(23)29-11-9-25-17-31-35(19-27(25)15-29)45-39-34(22-42)40-38(33(21-41)37(31)39)32-18-26-10-12-30(16-28(26)20-36(32)46-40)44-14-6-4-8-24(44)2/h9-12,15-20,23-24H,3-8,13-14H2,1-2H3. The molecule has 5 aromatic carbocycles. The lowest BCUT2D eigenvalue weighted by atomic mass is 9.95. The van der Waals surface area contributed by atoms with Crippen molar-refractivity contribution in [2.45, 2.75) is 64.5 Å². The van der Waals surface area contributed by atoms with Gasteiger partial charge in [0.05, 0.1) is 5.56 Å². The number of rotatable bonds is 2. The molecule has 0 bridgehead atoms. The second-order valence-corrected chi connectivity index (χ2v) is 13.4. The Hall–Kier alpha value is -5.20. The highest BCUT2D eigenvalue weighted by Gasteiger charge is 2.26. The van der Waals surface area contributed by atoms with Crippen molar-refractivity contribution in [1.29, 1.82) is 10.5 Å². The molecule has 6 heteroatoms. The maximum Gasteiger partial charge on any atom is 0.158 e. The lowest BCUT2D eigenvalue weighted by molar-refractivity contribution is 0.485. The Bertz CT molecular complexity index is 2310. The molecular weight excluding hydrogens is 568 g/mol. The molecule has 0 saturated carbocycles. The Morgan fingerprint density at radius 2 is 1.07 bits per heavy atom. The van der Waals surface area contributed by atoms with Gasteiger partial charge in [-0.15, -0.1) is 0 Å². The van der Waals surface area contributed by atoms with Crippen LogP contribution in [-0.4, -0.2) is 25.2 Å². The van der Waals surface area contributed by atoms with Crippen LogP contribution in [0.4, 0.5) is 11.4 Å². The first kappa shape index (κ1) is 27.1. The van der Waals surface area contributed by atoms with Gasteiger partial charge in [0.1, 0.15) is 28.9 Å². The Labute approximate surface area is 267 Å². The van der Waals surface area contributed by atoms with E-state index in [9.17, 15) is 10.5 Å². The number of hydrogen-bond donors (Lipinski definition) is 0. The number of hydrogen-bond acceptors (Lipinski definition) is 6. The summed E-state index contributed by atoms with van der Waals surface area (Å²) >= 11 is 0. The first-order chi connectivity index (χ1) is 22.5. The summed E-state index contributed by atoms with van der Waals surface area (Å²) in [6.45, 7) is 6.73. The summed E-state index contributed by atoms with van der Waals surface area (Å²) in [7, 11) is 0. The Morgan fingerprint density at radius 3 is 1.50 bits per heavy atom. The summed E-state index contributed by atoms with van der Waals surface area (Å²) in [6.07, 6.45) is 7.40. The van der Waals surface area contributed by atoms with Crippen LogP contribution in [0.2, 0.25) is 0 Å². The monoisotopic (exact) mass is 602 g/mol. The van der Waals surface area contributed by atoms with E-state index in [0.29, 0.717) is 56.3 Å². The quantitative estimate of drug-likeness (QED) is 0.196. The lowest BCUT2D eigenvalue weighted by Gasteiger charge is -2.35. The fourth-order valence-corrected chi connectivity index (χ4v) is 8.27. The van der Waals surface area contributed by atoms with E-state index in [1.807, 2.05) is 0 Å². The van der Waals surface area contributed by atoms with Crippen molar-refractivity contribution >= 4 is 76.8 Å². The average molecular weight is 603 g/mol. The third-order valence-electron chi connectivity index (χ3n) is 10.7. The maximum atomic E-state index is 10.7. The van der Waals surface area contributed by atoms with Crippen molar-refractivity contribution < 1.29 is 8.83 Å². The molecule has 0 radical (unpaired) electrons. The van der Waals surface area contributed by atoms with Crippen molar-refractivity contribution in [3.63, 3.8) is 0 Å². The Kier molecular flexibility index (Phi) is 5.99. The molecule has 2 aliphatic rings. The molecule has 2 aromatic heterocycles. The normalized spacial score (nSPS) is 19.1. The summed E-state index contributed by atoms with van der Waals surface area (Å²) in [4.78, 5) is 4.98. The third-order valence-corrected chi connectivity index (χ3v) is 10.7. The minimum absolute atomic E-state index is 0.329. The second kappa shape index (κ2) is 10.2. The number of nitrogens with zero attached hydrogens (tertiary/aromatic N) is 4. The van der Waals surface area contributed by atoms with Crippen LogP contribution in [0.1, 0.15) is 63.5 Å². The van der Waals surface area contributed by atoms with Crippen LogP contribution in [0, 0.1) is 22.7 Å². The molecule has 0 aliphatic carbocycles.